The van der Waals surface area contributed by atoms with Gasteiger partial charge in [-0.1, -0.05) is 23.7 Å². The van der Waals surface area contributed by atoms with Crippen molar-refractivity contribution in [3.05, 3.63) is 65.1 Å². The van der Waals surface area contributed by atoms with Gasteiger partial charge in [-0.05, 0) is 63.4 Å². The third-order valence-electron chi connectivity index (χ3n) is 6.09. The van der Waals surface area contributed by atoms with Crippen molar-refractivity contribution in [3.63, 3.8) is 0 Å². The molecule has 0 saturated carbocycles. The summed E-state index contributed by atoms with van der Waals surface area (Å²) >= 11 is 6.50. The maximum Gasteiger partial charge on any atom is 0.410 e. The maximum atomic E-state index is 13.9. The second kappa shape index (κ2) is 10.6. The van der Waals surface area contributed by atoms with Gasteiger partial charge in [-0.15, -0.1) is 0 Å². The lowest BCUT2D eigenvalue weighted by Gasteiger charge is -2.39. The van der Waals surface area contributed by atoms with E-state index in [2.05, 4.69) is 16.2 Å². The summed E-state index contributed by atoms with van der Waals surface area (Å²) in [5, 5.41) is 14.0. The van der Waals surface area contributed by atoms with Gasteiger partial charge < -0.3 is 9.64 Å². The Kier molecular flexibility index (Phi) is 7.50. The van der Waals surface area contributed by atoms with Crippen molar-refractivity contribution in [2.45, 2.75) is 45.3 Å². The Hall–Kier alpha value is -3.90. The molecule has 1 aliphatic heterocycles. The zero-order valence-electron chi connectivity index (χ0n) is 21.3. The monoisotopic (exact) mass is 520 g/mol. The first-order chi connectivity index (χ1) is 17.6. The van der Waals surface area contributed by atoms with Crippen molar-refractivity contribution in [1.82, 2.24) is 19.7 Å². The number of hydrogen-bond acceptors (Lipinski definition) is 6. The van der Waals surface area contributed by atoms with Crippen molar-refractivity contribution in [2.75, 3.05) is 18.0 Å². The van der Waals surface area contributed by atoms with Gasteiger partial charge in [0, 0.05) is 37.5 Å². The van der Waals surface area contributed by atoms with Crippen molar-refractivity contribution in [1.29, 1.82) is 5.26 Å². The minimum Gasteiger partial charge on any atom is -0.444 e. The number of hydrogen-bond donors (Lipinski definition) is 0. The highest BCUT2D eigenvalue weighted by atomic mass is 35.5. The van der Waals surface area contributed by atoms with Crippen LogP contribution in [0.3, 0.4) is 0 Å². The van der Waals surface area contributed by atoms with Gasteiger partial charge in [0.05, 0.1) is 17.3 Å². The van der Waals surface area contributed by atoms with Crippen LogP contribution in [0, 0.1) is 11.3 Å². The highest BCUT2D eigenvalue weighted by Gasteiger charge is 2.35. The van der Waals surface area contributed by atoms with Crippen molar-refractivity contribution in [3.8, 4) is 17.2 Å². The molecule has 1 unspecified atom stereocenters. The number of likely N-dealkylation sites (tertiary alicyclic amines) is 1. The smallest absolute Gasteiger partial charge is 0.410 e. The largest absolute Gasteiger partial charge is 0.444 e. The van der Waals surface area contributed by atoms with Crippen LogP contribution in [0.25, 0.3) is 11.1 Å². The zero-order chi connectivity index (χ0) is 26.7. The lowest BCUT2D eigenvalue weighted by Crippen LogP contribution is -2.53. The molecule has 37 heavy (non-hydrogen) atoms. The number of ether oxygens (including phenoxy) is 1. The molecule has 1 aliphatic rings. The van der Waals surface area contributed by atoms with E-state index >= 15 is 0 Å². The minimum atomic E-state index is -0.620. The topological polar surface area (TPSA) is 104 Å². The fourth-order valence-electron chi connectivity index (χ4n) is 4.36. The number of amides is 2. The molecule has 4 rings (SSSR count). The van der Waals surface area contributed by atoms with Crippen molar-refractivity contribution in [2.24, 2.45) is 7.05 Å². The number of rotatable bonds is 4. The van der Waals surface area contributed by atoms with Gasteiger partial charge in [-0.25, -0.2) is 9.78 Å². The van der Waals surface area contributed by atoms with E-state index in [9.17, 15) is 14.9 Å². The van der Waals surface area contributed by atoms with Crippen LogP contribution in [0.1, 0.15) is 49.7 Å². The molecule has 0 spiro atoms. The van der Waals surface area contributed by atoms with Crippen LogP contribution in [0.15, 0.2) is 48.8 Å². The Labute approximate surface area is 221 Å². The molecule has 2 amide bonds. The van der Waals surface area contributed by atoms with Gasteiger partial charge in [0.2, 0.25) is 0 Å². The predicted octanol–water partition coefficient (Wildman–Crippen LogP) is 5.05. The molecule has 0 N–H and O–H groups in total. The first-order valence-electron chi connectivity index (χ1n) is 12.0. The summed E-state index contributed by atoms with van der Waals surface area (Å²) < 4.78 is 7.08. The Morgan fingerprint density at radius 3 is 2.59 bits per heavy atom. The van der Waals surface area contributed by atoms with Crippen LogP contribution in [0.4, 0.5) is 10.6 Å². The molecule has 9 nitrogen and oxygen atoms in total. The van der Waals surface area contributed by atoms with Gasteiger partial charge in [0.25, 0.3) is 5.91 Å². The van der Waals surface area contributed by atoms with Crippen molar-refractivity contribution < 1.29 is 14.3 Å². The molecule has 0 radical (unpaired) electrons. The molecule has 3 aromatic rings. The van der Waals surface area contributed by atoms with Gasteiger partial charge in [-0.3, -0.25) is 14.4 Å². The lowest BCUT2D eigenvalue weighted by atomic mass is 10.0. The number of carbonyl (C=O) groups excluding carboxylic acids is 2. The average Bonchev–Trinajstić information content (AvgIpc) is 3.25. The summed E-state index contributed by atoms with van der Waals surface area (Å²) in [6.07, 6.45) is 4.19. The molecule has 0 aliphatic carbocycles. The number of nitrogens with zero attached hydrogens (tertiary/aromatic N) is 6. The highest BCUT2D eigenvalue weighted by Crippen LogP contribution is 2.31. The number of aromatic nitrogens is 3. The van der Waals surface area contributed by atoms with E-state index in [1.807, 2.05) is 20.8 Å². The summed E-state index contributed by atoms with van der Waals surface area (Å²) in [7, 11) is 1.71. The second-order valence-electron chi connectivity index (χ2n) is 9.93. The molecule has 1 saturated heterocycles. The van der Waals surface area contributed by atoms with Crippen LogP contribution in [0.5, 0.6) is 0 Å². The Morgan fingerprint density at radius 2 is 1.95 bits per heavy atom. The van der Waals surface area contributed by atoms with Gasteiger partial charge in [0.1, 0.15) is 17.4 Å². The standard InChI is InChI=1S/C27H29ClN6O3/c1-27(2,3)37-26(36)33-14-6-7-20(17-33)34(24-22(28)8-5-13-30-24)25(35)19-11-9-18(10-12-19)21-16-31-32(4)23(21)15-29/h5,8-13,16,20H,6-7,14,17H2,1-4H3. The summed E-state index contributed by atoms with van der Waals surface area (Å²) in [6.45, 7) is 6.32. The number of nitriles is 1. The number of halogens is 1. The molecule has 1 aromatic carbocycles. The first-order valence-corrected chi connectivity index (χ1v) is 12.4. The number of pyridine rings is 1. The highest BCUT2D eigenvalue weighted by molar-refractivity contribution is 6.33. The van der Waals surface area contributed by atoms with E-state index in [-0.39, 0.29) is 11.9 Å². The first kappa shape index (κ1) is 26.2. The van der Waals surface area contributed by atoms with Crippen LogP contribution >= 0.6 is 11.6 Å². The molecular weight excluding hydrogens is 492 g/mol. The summed E-state index contributed by atoms with van der Waals surface area (Å²) in [5.74, 6) is 0.0585. The van der Waals surface area contributed by atoms with E-state index in [0.717, 1.165) is 5.56 Å². The van der Waals surface area contributed by atoms with Gasteiger partial charge in [-0.2, -0.15) is 10.4 Å². The fraction of sp³-hybridized carbons (Fsp3) is 0.370. The van der Waals surface area contributed by atoms with Crippen LogP contribution < -0.4 is 4.90 Å². The van der Waals surface area contributed by atoms with E-state index in [0.29, 0.717) is 53.6 Å². The van der Waals surface area contributed by atoms with E-state index in [4.69, 9.17) is 16.3 Å². The van der Waals surface area contributed by atoms with E-state index in [1.165, 1.54) is 4.68 Å². The van der Waals surface area contributed by atoms with Gasteiger partial charge in [0.15, 0.2) is 5.82 Å². The quantitative estimate of drug-likeness (QED) is 0.476. The molecule has 3 heterocycles. The molecular formula is C27H29ClN6O3. The number of piperidine rings is 1. The number of benzene rings is 1. The molecule has 10 heteroatoms. The summed E-state index contributed by atoms with van der Waals surface area (Å²) in [5.41, 5.74) is 1.71. The average molecular weight is 521 g/mol. The third-order valence-corrected chi connectivity index (χ3v) is 6.38. The normalized spacial score (nSPS) is 15.7. The SMILES string of the molecule is Cn1ncc(-c2ccc(C(=O)N(c3ncccc3Cl)C3CCCN(C(=O)OC(C)(C)C)C3)cc2)c1C#N. The Bertz CT molecular complexity index is 1340. The van der Waals surface area contributed by atoms with E-state index in [1.54, 1.807) is 65.6 Å². The minimum absolute atomic E-state index is 0.283. The lowest BCUT2D eigenvalue weighted by molar-refractivity contribution is 0.0196. The second-order valence-corrected chi connectivity index (χ2v) is 10.3. The zero-order valence-corrected chi connectivity index (χ0v) is 22.1. The van der Waals surface area contributed by atoms with E-state index < -0.39 is 11.7 Å². The van der Waals surface area contributed by atoms with Crippen molar-refractivity contribution >= 4 is 29.4 Å². The van der Waals surface area contributed by atoms with Gasteiger partial charge >= 0.3 is 6.09 Å². The third kappa shape index (κ3) is 5.75. The Balaban J connectivity index is 1.65. The summed E-state index contributed by atoms with van der Waals surface area (Å²) in [4.78, 5) is 34.3. The molecule has 0 bridgehead atoms. The molecule has 192 valence electrons. The summed E-state index contributed by atoms with van der Waals surface area (Å²) in [6, 6.07) is 12.2. The van der Waals surface area contributed by atoms with Crippen LogP contribution in [-0.4, -0.2) is 56.4 Å². The number of anilines is 1. The number of carbonyl (C=O) groups is 2. The molecule has 2 aromatic heterocycles. The molecule has 1 atom stereocenters. The van der Waals surface area contributed by atoms with Crippen LogP contribution in [-0.2, 0) is 11.8 Å². The Morgan fingerprint density at radius 1 is 1.22 bits per heavy atom. The number of aryl methyl sites for hydroxylation is 1. The molecule has 1 fully saturated rings. The predicted molar refractivity (Wildman–Crippen MR) is 140 cm³/mol. The fourth-order valence-corrected chi connectivity index (χ4v) is 4.57. The maximum absolute atomic E-state index is 13.9. The van der Waals surface area contributed by atoms with Crippen LogP contribution in [0.2, 0.25) is 5.02 Å².